The number of aromatic nitrogens is 5. The average molecular weight is 446 g/mol. The van der Waals surface area contributed by atoms with Gasteiger partial charge in [0.15, 0.2) is 11.6 Å². The lowest BCUT2D eigenvalue weighted by atomic mass is 10.0. The highest BCUT2D eigenvalue weighted by Crippen LogP contribution is 2.36. The minimum atomic E-state index is -0.648. The van der Waals surface area contributed by atoms with E-state index < -0.39 is 11.9 Å². The second kappa shape index (κ2) is 7.52. The summed E-state index contributed by atoms with van der Waals surface area (Å²) >= 11 is 0. The molecule has 0 fully saturated rings. The highest BCUT2D eigenvalue weighted by atomic mass is 19.1. The number of ether oxygens (including phenoxy) is 1. The van der Waals surface area contributed by atoms with Gasteiger partial charge in [0, 0.05) is 38.0 Å². The number of oxazole rings is 1. The maximum Gasteiger partial charge on any atom is 0.258 e. The topological polar surface area (TPSA) is 102 Å². The molecule has 0 unspecified atom stereocenters. The zero-order valence-electron chi connectivity index (χ0n) is 17.7. The predicted molar refractivity (Wildman–Crippen MR) is 115 cm³/mol. The fourth-order valence-electron chi connectivity index (χ4n) is 4.38. The maximum atomic E-state index is 13.8. The third-order valence-electron chi connectivity index (χ3n) is 5.90. The van der Waals surface area contributed by atoms with Crippen molar-refractivity contribution in [3.05, 3.63) is 83.3 Å². The number of halogens is 1. The molecule has 1 aromatic carbocycles. The summed E-state index contributed by atoms with van der Waals surface area (Å²) in [5.41, 5.74) is 4.52. The van der Waals surface area contributed by atoms with Crippen molar-refractivity contribution in [1.29, 1.82) is 0 Å². The van der Waals surface area contributed by atoms with E-state index in [-0.39, 0.29) is 11.8 Å². The third-order valence-corrected chi connectivity index (χ3v) is 5.90. The second-order valence-electron chi connectivity index (χ2n) is 7.94. The van der Waals surface area contributed by atoms with Crippen LogP contribution in [0.5, 0.6) is 0 Å². The number of nitrogens with one attached hydrogen (secondary N) is 1. The van der Waals surface area contributed by atoms with Crippen LogP contribution >= 0.6 is 0 Å². The first-order valence-corrected chi connectivity index (χ1v) is 10.5. The van der Waals surface area contributed by atoms with Crippen LogP contribution in [-0.2, 0) is 17.8 Å². The molecule has 4 aromatic heterocycles. The molecule has 1 aliphatic heterocycles. The number of amides is 1. The lowest BCUT2D eigenvalue weighted by Gasteiger charge is -2.32. The van der Waals surface area contributed by atoms with Crippen LogP contribution in [0.1, 0.15) is 39.2 Å². The lowest BCUT2D eigenvalue weighted by Crippen LogP contribution is -2.40. The number of hydrogen-bond acceptors (Lipinski definition) is 6. The highest BCUT2D eigenvalue weighted by Gasteiger charge is 2.38. The molecule has 10 heteroatoms. The van der Waals surface area contributed by atoms with Crippen LogP contribution in [-0.4, -0.2) is 49.0 Å². The Hall–Kier alpha value is -4.05. The SMILES string of the molecule is COCc1ccc2c(C(=O)N3CCc4[nH]cnc4[C@H]3c3nc4cc(F)ccc4o3)cnn2c1. The average Bonchev–Trinajstić information content (AvgIpc) is 3.55. The number of carbonyl (C=O) groups is 1. The summed E-state index contributed by atoms with van der Waals surface area (Å²) < 4.78 is 26.5. The minimum absolute atomic E-state index is 0.212. The quantitative estimate of drug-likeness (QED) is 0.455. The van der Waals surface area contributed by atoms with Gasteiger partial charge in [-0.2, -0.15) is 5.10 Å². The third kappa shape index (κ3) is 3.18. The van der Waals surface area contributed by atoms with Gasteiger partial charge in [0.2, 0.25) is 5.89 Å². The Balaban J connectivity index is 1.43. The summed E-state index contributed by atoms with van der Waals surface area (Å²) in [6.07, 6.45) is 5.61. The van der Waals surface area contributed by atoms with E-state index in [1.54, 1.807) is 29.0 Å². The van der Waals surface area contributed by atoms with Crippen molar-refractivity contribution in [2.24, 2.45) is 0 Å². The molecule has 1 aliphatic rings. The standard InChI is InChI=1S/C23H19FN6O3/c1-32-11-13-2-4-18-15(9-27-30(18)10-13)23(31)29-7-6-16-20(26-12-25-16)21(29)22-28-17-8-14(24)3-5-19(17)33-22/h2-5,8-10,12,21H,6-7,11H2,1H3,(H,25,26)/t21-/m0/s1. The van der Waals surface area contributed by atoms with Crippen molar-refractivity contribution in [1.82, 2.24) is 29.5 Å². The number of nitrogens with zero attached hydrogens (tertiary/aromatic N) is 5. The monoisotopic (exact) mass is 446 g/mol. The van der Waals surface area contributed by atoms with Crippen molar-refractivity contribution in [3.8, 4) is 0 Å². The molecule has 0 saturated heterocycles. The molecule has 5 heterocycles. The van der Waals surface area contributed by atoms with E-state index in [1.165, 1.54) is 18.2 Å². The predicted octanol–water partition coefficient (Wildman–Crippen LogP) is 3.27. The van der Waals surface area contributed by atoms with Crippen molar-refractivity contribution >= 4 is 22.5 Å². The molecule has 1 atom stereocenters. The van der Waals surface area contributed by atoms with Crippen LogP contribution < -0.4 is 0 Å². The number of fused-ring (bicyclic) bond motifs is 3. The summed E-state index contributed by atoms with van der Waals surface area (Å²) in [5, 5.41) is 4.37. The Kier molecular flexibility index (Phi) is 4.47. The second-order valence-corrected chi connectivity index (χ2v) is 7.94. The normalized spacial score (nSPS) is 15.9. The van der Waals surface area contributed by atoms with Crippen LogP contribution in [0.15, 0.2) is 53.5 Å². The van der Waals surface area contributed by atoms with E-state index >= 15 is 0 Å². The molecule has 0 bridgehead atoms. The summed E-state index contributed by atoms with van der Waals surface area (Å²) in [7, 11) is 1.63. The number of benzene rings is 1. The van der Waals surface area contributed by atoms with E-state index in [9.17, 15) is 9.18 Å². The van der Waals surface area contributed by atoms with Crippen LogP contribution in [0.4, 0.5) is 4.39 Å². The van der Waals surface area contributed by atoms with Gasteiger partial charge in [-0.1, -0.05) is 6.07 Å². The number of methoxy groups -OCH3 is 1. The van der Waals surface area contributed by atoms with Crippen molar-refractivity contribution in [2.45, 2.75) is 19.1 Å². The molecule has 0 spiro atoms. The molecular weight excluding hydrogens is 427 g/mol. The molecular formula is C23H19FN6O3. The number of hydrogen-bond donors (Lipinski definition) is 1. The molecule has 0 radical (unpaired) electrons. The number of carbonyl (C=O) groups excluding carboxylic acids is 1. The van der Waals surface area contributed by atoms with E-state index in [1.807, 2.05) is 18.3 Å². The fourth-order valence-corrected chi connectivity index (χ4v) is 4.38. The van der Waals surface area contributed by atoms with Crippen molar-refractivity contribution in [2.75, 3.05) is 13.7 Å². The summed E-state index contributed by atoms with van der Waals surface area (Å²) in [4.78, 5) is 27.5. The Bertz CT molecular complexity index is 1500. The van der Waals surface area contributed by atoms with Crippen molar-refractivity contribution in [3.63, 3.8) is 0 Å². The van der Waals surface area contributed by atoms with Gasteiger partial charge in [-0.3, -0.25) is 4.79 Å². The summed E-state index contributed by atoms with van der Waals surface area (Å²) in [6, 6.07) is 7.28. The van der Waals surface area contributed by atoms with Gasteiger partial charge in [-0.15, -0.1) is 0 Å². The first kappa shape index (κ1) is 19.6. The fraction of sp³-hybridized carbons (Fsp3) is 0.217. The van der Waals surface area contributed by atoms with Gasteiger partial charge in [-0.25, -0.2) is 18.9 Å². The number of aromatic amines is 1. The first-order valence-electron chi connectivity index (χ1n) is 10.5. The van der Waals surface area contributed by atoms with Gasteiger partial charge >= 0.3 is 0 Å². The molecule has 9 nitrogen and oxygen atoms in total. The zero-order chi connectivity index (χ0) is 22.5. The van der Waals surface area contributed by atoms with Crippen LogP contribution in [0, 0.1) is 5.82 Å². The van der Waals surface area contributed by atoms with Gasteiger partial charge in [0.25, 0.3) is 5.91 Å². The number of pyridine rings is 1. The lowest BCUT2D eigenvalue weighted by molar-refractivity contribution is 0.0669. The number of rotatable bonds is 4. The van der Waals surface area contributed by atoms with E-state index in [0.717, 1.165) is 11.3 Å². The van der Waals surface area contributed by atoms with Gasteiger partial charge in [0.1, 0.15) is 11.3 Å². The smallest absolute Gasteiger partial charge is 0.258 e. The summed E-state index contributed by atoms with van der Waals surface area (Å²) in [5.74, 6) is -0.328. The summed E-state index contributed by atoms with van der Waals surface area (Å²) in [6.45, 7) is 0.887. The Morgan fingerprint density at radius 3 is 3.12 bits per heavy atom. The number of H-pyrrole nitrogens is 1. The van der Waals surface area contributed by atoms with E-state index in [4.69, 9.17) is 9.15 Å². The molecule has 5 aromatic rings. The molecule has 166 valence electrons. The van der Waals surface area contributed by atoms with E-state index in [0.29, 0.717) is 47.4 Å². The van der Waals surface area contributed by atoms with Gasteiger partial charge < -0.3 is 19.0 Å². The Morgan fingerprint density at radius 2 is 2.24 bits per heavy atom. The first-order chi connectivity index (χ1) is 16.1. The zero-order valence-corrected chi connectivity index (χ0v) is 17.7. The molecule has 1 amide bonds. The largest absolute Gasteiger partial charge is 0.438 e. The Labute approximate surface area is 186 Å². The van der Waals surface area contributed by atoms with Crippen LogP contribution in [0.3, 0.4) is 0 Å². The van der Waals surface area contributed by atoms with Crippen LogP contribution in [0.2, 0.25) is 0 Å². The van der Waals surface area contributed by atoms with Gasteiger partial charge in [0.05, 0.1) is 35.9 Å². The molecule has 0 saturated carbocycles. The maximum absolute atomic E-state index is 13.8. The Morgan fingerprint density at radius 1 is 1.33 bits per heavy atom. The van der Waals surface area contributed by atoms with Crippen LogP contribution in [0.25, 0.3) is 16.6 Å². The van der Waals surface area contributed by atoms with Gasteiger partial charge in [-0.05, 0) is 23.8 Å². The molecule has 6 rings (SSSR count). The molecule has 1 N–H and O–H groups in total. The molecule has 33 heavy (non-hydrogen) atoms. The molecule has 0 aliphatic carbocycles. The van der Waals surface area contributed by atoms with E-state index in [2.05, 4.69) is 20.1 Å². The minimum Gasteiger partial charge on any atom is -0.438 e. The van der Waals surface area contributed by atoms with Crippen molar-refractivity contribution < 1.29 is 18.3 Å². The number of imidazole rings is 1. The highest BCUT2D eigenvalue weighted by molar-refractivity contribution is 6.01.